The summed E-state index contributed by atoms with van der Waals surface area (Å²) in [6.45, 7) is 8.12. The van der Waals surface area contributed by atoms with Crippen molar-refractivity contribution in [3.05, 3.63) is 35.5 Å². The zero-order chi connectivity index (χ0) is 26.8. The number of carbonyl (C=O) groups is 3. The lowest BCUT2D eigenvalue weighted by atomic mass is 9.40. The van der Waals surface area contributed by atoms with Crippen molar-refractivity contribution >= 4 is 28.4 Å². The average Bonchev–Trinajstić information content (AvgIpc) is 3.43. The Labute approximate surface area is 215 Å². The monoisotopic (exact) mass is 509 g/mol. The second kappa shape index (κ2) is 7.10. The second-order valence-corrected chi connectivity index (χ2v) is 12.6. The third kappa shape index (κ3) is 2.62. The standard InChI is InChI=1S/C29H35NO7/c1-16(31)36-24(2,3)29(35)22(33)15-27(37-29)21(32)11-12-25(4)26(5)17(10-13-28(25,27)34)14-19-18-8-6-7-9-20(18)30-23(19)26/h6-9,17,30,34-35H,10-15H2,1-5H3/t17-,25+,26+,27+,28-,29+/m0/s1. The van der Waals surface area contributed by atoms with E-state index >= 15 is 0 Å². The molecule has 198 valence electrons. The molecule has 6 atom stereocenters. The highest BCUT2D eigenvalue weighted by atomic mass is 16.7. The average molecular weight is 510 g/mol. The Morgan fingerprint density at radius 3 is 2.54 bits per heavy atom. The summed E-state index contributed by atoms with van der Waals surface area (Å²) in [5.41, 5.74) is -3.45. The van der Waals surface area contributed by atoms with Gasteiger partial charge >= 0.3 is 5.97 Å². The van der Waals surface area contributed by atoms with Crippen molar-refractivity contribution in [2.24, 2.45) is 11.3 Å². The molecular formula is C29H35NO7. The second-order valence-electron chi connectivity index (χ2n) is 12.6. The van der Waals surface area contributed by atoms with Crippen LogP contribution in [0.3, 0.4) is 0 Å². The predicted octanol–water partition coefficient (Wildman–Crippen LogP) is 3.25. The number of hydrogen-bond donors (Lipinski definition) is 3. The summed E-state index contributed by atoms with van der Waals surface area (Å²) >= 11 is 0. The van der Waals surface area contributed by atoms with E-state index in [2.05, 4.69) is 18.0 Å². The topological polar surface area (TPSA) is 126 Å². The van der Waals surface area contributed by atoms with E-state index < -0.39 is 57.4 Å². The molecule has 3 N–H and O–H groups in total. The van der Waals surface area contributed by atoms with Gasteiger partial charge in [-0.1, -0.05) is 32.0 Å². The molecule has 1 aliphatic heterocycles. The lowest BCUT2D eigenvalue weighted by Gasteiger charge is -2.66. The number of carbonyl (C=O) groups excluding carboxylic acids is 3. The number of ketones is 2. The maximum atomic E-state index is 13.7. The van der Waals surface area contributed by atoms with Gasteiger partial charge in [0, 0.05) is 40.8 Å². The van der Waals surface area contributed by atoms with Gasteiger partial charge in [-0.15, -0.1) is 0 Å². The van der Waals surface area contributed by atoms with E-state index in [-0.39, 0.29) is 18.8 Å². The fraction of sp³-hybridized carbons (Fsp3) is 0.621. The minimum Gasteiger partial charge on any atom is -0.454 e. The van der Waals surface area contributed by atoms with Crippen LogP contribution in [-0.4, -0.2) is 55.3 Å². The molecule has 2 saturated carbocycles. The fourth-order valence-corrected chi connectivity index (χ4v) is 8.59. The van der Waals surface area contributed by atoms with Gasteiger partial charge in [-0.25, -0.2) is 0 Å². The number of benzene rings is 1. The molecule has 2 aromatic rings. The zero-order valence-electron chi connectivity index (χ0n) is 22.1. The molecule has 3 fully saturated rings. The van der Waals surface area contributed by atoms with Crippen LogP contribution in [0.15, 0.2) is 24.3 Å². The SMILES string of the molecule is CC(=O)OC(C)(C)[C@]1(O)O[C@]2(CC1=O)C(=O)CC[C@@]1(C)[C@@]2(O)CC[C@H]2Cc3c([nH]c4ccccc34)[C@@]21C. The Kier molecular flexibility index (Phi) is 4.75. The number of fused-ring (bicyclic) bond motifs is 8. The molecule has 1 aromatic carbocycles. The van der Waals surface area contributed by atoms with E-state index in [1.54, 1.807) is 0 Å². The number of nitrogens with one attached hydrogen (secondary N) is 1. The predicted molar refractivity (Wildman–Crippen MR) is 134 cm³/mol. The van der Waals surface area contributed by atoms with Crippen LogP contribution in [0.4, 0.5) is 0 Å². The highest BCUT2D eigenvalue weighted by Crippen LogP contribution is 2.71. The molecule has 0 unspecified atom stereocenters. The highest BCUT2D eigenvalue weighted by molar-refractivity contribution is 6.01. The maximum absolute atomic E-state index is 13.7. The molecule has 4 aliphatic rings. The Morgan fingerprint density at radius 1 is 1.14 bits per heavy atom. The van der Waals surface area contributed by atoms with Crippen molar-refractivity contribution in [1.82, 2.24) is 4.98 Å². The Morgan fingerprint density at radius 2 is 1.84 bits per heavy atom. The lowest BCUT2D eigenvalue weighted by Crippen LogP contribution is -2.77. The molecule has 8 heteroatoms. The summed E-state index contributed by atoms with van der Waals surface area (Å²) in [5, 5.41) is 25.5. The number of hydrogen-bond acceptors (Lipinski definition) is 7. The van der Waals surface area contributed by atoms with Crippen molar-refractivity contribution in [3.8, 4) is 0 Å². The molecule has 0 radical (unpaired) electrons. The zero-order valence-corrected chi connectivity index (χ0v) is 22.1. The number of para-hydroxylation sites is 1. The van der Waals surface area contributed by atoms with Crippen molar-refractivity contribution in [3.63, 3.8) is 0 Å². The lowest BCUT2D eigenvalue weighted by molar-refractivity contribution is -0.335. The smallest absolute Gasteiger partial charge is 0.303 e. The molecule has 1 spiro atoms. The Bertz CT molecular complexity index is 1380. The van der Waals surface area contributed by atoms with Gasteiger partial charge in [-0.05, 0) is 57.1 Å². The van der Waals surface area contributed by atoms with Crippen LogP contribution in [0.5, 0.6) is 0 Å². The van der Waals surface area contributed by atoms with Gasteiger partial charge in [0.05, 0.1) is 6.42 Å². The van der Waals surface area contributed by atoms with E-state index in [1.807, 2.05) is 25.1 Å². The van der Waals surface area contributed by atoms with Crippen molar-refractivity contribution in [2.45, 2.75) is 101 Å². The van der Waals surface area contributed by atoms with Gasteiger partial charge < -0.3 is 24.7 Å². The van der Waals surface area contributed by atoms with Crippen LogP contribution in [0.25, 0.3) is 10.9 Å². The van der Waals surface area contributed by atoms with Crippen molar-refractivity contribution < 1.29 is 34.1 Å². The van der Waals surface area contributed by atoms with Gasteiger partial charge in [-0.3, -0.25) is 14.4 Å². The summed E-state index contributed by atoms with van der Waals surface area (Å²) < 4.78 is 11.5. The van der Waals surface area contributed by atoms with E-state index in [4.69, 9.17) is 9.47 Å². The number of aliphatic hydroxyl groups is 2. The number of aromatic nitrogens is 1. The van der Waals surface area contributed by atoms with Crippen LogP contribution in [0.2, 0.25) is 0 Å². The van der Waals surface area contributed by atoms with E-state index in [1.165, 1.54) is 31.7 Å². The number of Topliss-reactive ketones (excluding diaryl/α,β-unsaturated/α-hetero) is 2. The van der Waals surface area contributed by atoms with E-state index in [0.29, 0.717) is 12.8 Å². The number of esters is 1. The summed E-state index contributed by atoms with van der Waals surface area (Å²) in [4.78, 5) is 42.6. The summed E-state index contributed by atoms with van der Waals surface area (Å²) in [6.07, 6.45) is 1.82. The maximum Gasteiger partial charge on any atom is 0.303 e. The van der Waals surface area contributed by atoms with Crippen LogP contribution in [0, 0.1) is 11.3 Å². The minimum atomic E-state index is -2.57. The van der Waals surface area contributed by atoms with E-state index in [0.717, 1.165) is 17.6 Å². The van der Waals surface area contributed by atoms with Crippen LogP contribution >= 0.6 is 0 Å². The Balaban J connectivity index is 1.51. The first kappa shape index (κ1) is 24.8. The highest BCUT2D eigenvalue weighted by Gasteiger charge is 2.80. The van der Waals surface area contributed by atoms with Gasteiger partial charge in [0.25, 0.3) is 5.79 Å². The third-order valence-electron chi connectivity index (χ3n) is 10.8. The summed E-state index contributed by atoms with van der Waals surface area (Å²) in [5.74, 6) is -4.19. The molecular weight excluding hydrogens is 474 g/mol. The molecule has 2 heterocycles. The molecule has 8 nitrogen and oxygen atoms in total. The third-order valence-corrected chi connectivity index (χ3v) is 10.8. The summed E-state index contributed by atoms with van der Waals surface area (Å²) in [6, 6.07) is 8.18. The molecule has 3 aliphatic carbocycles. The molecule has 6 rings (SSSR count). The Hall–Kier alpha value is -2.55. The van der Waals surface area contributed by atoms with E-state index in [9.17, 15) is 24.6 Å². The summed E-state index contributed by atoms with van der Waals surface area (Å²) in [7, 11) is 0. The minimum absolute atomic E-state index is 0.105. The fourth-order valence-electron chi connectivity index (χ4n) is 8.59. The molecule has 0 bridgehead atoms. The first-order valence-electron chi connectivity index (χ1n) is 13.2. The van der Waals surface area contributed by atoms with Crippen LogP contribution in [0.1, 0.15) is 78.0 Å². The van der Waals surface area contributed by atoms with Crippen molar-refractivity contribution in [2.75, 3.05) is 0 Å². The molecule has 1 saturated heterocycles. The first-order chi connectivity index (χ1) is 17.2. The van der Waals surface area contributed by atoms with Gasteiger partial charge in [0.1, 0.15) is 5.60 Å². The van der Waals surface area contributed by atoms with Crippen LogP contribution in [-0.2, 0) is 35.7 Å². The normalized spacial score (nSPS) is 41.1. The number of rotatable bonds is 2. The van der Waals surface area contributed by atoms with Crippen molar-refractivity contribution in [1.29, 1.82) is 0 Å². The van der Waals surface area contributed by atoms with Crippen LogP contribution < -0.4 is 0 Å². The van der Waals surface area contributed by atoms with Gasteiger partial charge in [0.15, 0.2) is 22.8 Å². The largest absolute Gasteiger partial charge is 0.454 e. The van der Waals surface area contributed by atoms with Gasteiger partial charge in [-0.2, -0.15) is 0 Å². The first-order valence-corrected chi connectivity index (χ1v) is 13.2. The number of ether oxygens (including phenoxy) is 2. The molecule has 37 heavy (non-hydrogen) atoms. The van der Waals surface area contributed by atoms with Gasteiger partial charge in [0.2, 0.25) is 0 Å². The number of H-pyrrole nitrogens is 1. The number of aromatic amines is 1. The molecule has 0 amide bonds. The molecule has 1 aromatic heterocycles. The quantitative estimate of drug-likeness (QED) is 0.531.